The smallest absolute Gasteiger partial charge is 0.276 e. The van der Waals surface area contributed by atoms with Gasteiger partial charge in [0.2, 0.25) is 0 Å². The molecular formula is C17H20N2O3. The van der Waals surface area contributed by atoms with Crippen LogP contribution in [0.1, 0.15) is 47.6 Å². The first-order chi connectivity index (χ1) is 10.7. The molecule has 1 aliphatic heterocycles. The molecule has 0 saturated carbocycles. The van der Waals surface area contributed by atoms with Gasteiger partial charge in [-0.05, 0) is 44.4 Å². The Bertz CT molecular complexity index is 648. The van der Waals surface area contributed by atoms with Gasteiger partial charge >= 0.3 is 0 Å². The minimum Gasteiger partial charge on any atom is -0.494 e. The van der Waals surface area contributed by atoms with Crippen LogP contribution in [0.3, 0.4) is 0 Å². The molecule has 2 aromatic rings. The summed E-state index contributed by atoms with van der Waals surface area (Å²) in [5, 5.41) is 3.84. The summed E-state index contributed by atoms with van der Waals surface area (Å²) in [5.74, 6) is 1.45. The number of nitrogens with zero attached hydrogens (tertiary/aromatic N) is 2. The molecule has 116 valence electrons. The summed E-state index contributed by atoms with van der Waals surface area (Å²) in [7, 11) is 0. The van der Waals surface area contributed by atoms with E-state index < -0.39 is 0 Å². The van der Waals surface area contributed by atoms with Crippen molar-refractivity contribution in [3.8, 4) is 5.75 Å². The van der Waals surface area contributed by atoms with E-state index in [1.807, 2.05) is 36.1 Å². The maximum absolute atomic E-state index is 12.6. The average molecular weight is 300 g/mol. The van der Waals surface area contributed by atoms with Gasteiger partial charge < -0.3 is 14.2 Å². The van der Waals surface area contributed by atoms with Gasteiger partial charge in [-0.1, -0.05) is 17.3 Å². The largest absolute Gasteiger partial charge is 0.494 e. The molecule has 1 aromatic carbocycles. The number of hydrogen-bond donors (Lipinski definition) is 0. The molecule has 1 fully saturated rings. The highest BCUT2D eigenvalue weighted by atomic mass is 16.5. The molecule has 5 heteroatoms. The maximum Gasteiger partial charge on any atom is 0.276 e. The highest BCUT2D eigenvalue weighted by molar-refractivity contribution is 5.92. The highest BCUT2D eigenvalue weighted by Crippen LogP contribution is 2.33. The monoisotopic (exact) mass is 300 g/mol. The van der Waals surface area contributed by atoms with Crippen LogP contribution >= 0.6 is 0 Å². The SMILES string of the molecule is CCOc1ccc(C2CCCN2C(=O)c2cc(C)on2)cc1. The zero-order valence-electron chi connectivity index (χ0n) is 12.9. The number of carbonyl (C=O) groups is 1. The van der Waals surface area contributed by atoms with E-state index in [0.29, 0.717) is 18.1 Å². The van der Waals surface area contributed by atoms with Gasteiger partial charge in [0.15, 0.2) is 5.69 Å². The van der Waals surface area contributed by atoms with Crippen LogP contribution in [0.2, 0.25) is 0 Å². The van der Waals surface area contributed by atoms with Crippen molar-refractivity contribution in [3.63, 3.8) is 0 Å². The van der Waals surface area contributed by atoms with Gasteiger partial charge in [-0.15, -0.1) is 0 Å². The standard InChI is InChI=1S/C17H20N2O3/c1-3-21-14-8-6-13(7-9-14)16-5-4-10-19(16)17(20)15-11-12(2)22-18-15/h6-9,11,16H,3-5,10H2,1-2H3. The van der Waals surface area contributed by atoms with Crippen molar-refractivity contribution in [2.75, 3.05) is 13.2 Å². The van der Waals surface area contributed by atoms with Crippen molar-refractivity contribution < 1.29 is 14.1 Å². The lowest BCUT2D eigenvalue weighted by molar-refractivity contribution is 0.0725. The van der Waals surface area contributed by atoms with E-state index in [1.165, 1.54) is 0 Å². The number of amides is 1. The van der Waals surface area contributed by atoms with Gasteiger partial charge in [0.25, 0.3) is 5.91 Å². The molecule has 0 spiro atoms. The number of aromatic nitrogens is 1. The Kier molecular flexibility index (Phi) is 4.13. The van der Waals surface area contributed by atoms with E-state index in [0.717, 1.165) is 30.7 Å². The van der Waals surface area contributed by atoms with Gasteiger partial charge in [0, 0.05) is 12.6 Å². The molecule has 2 heterocycles. The van der Waals surface area contributed by atoms with Crippen molar-refractivity contribution in [1.82, 2.24) is 10.1 Å². The van der Waals surface area contributed by atoms with E-state index in [2.05, 4.69) is 5.16 Å². The van der Waals surface area contributed by atoms with Gasteiger partial charge in [-0.25, -0.2) is 0 Å². The fraction of sp³-hybridized carbons (Fsp3) is 0.412. The Labute approximate surface area is 129 Å². The Morgan fingerprint density at radius 2 is 2.18 bits per heavy atom. The molecule has 22 heavy (non-hydrogen) atoms. The number of carbonyl (C=O) groups excluding carboxylic acids is 1. The first-order valence-electron chi connectivity index (χ1n) is 7.66. The summed E-state index contributed by atoms with van der Waals surface area (Å²) >= 11 is 0. The van der Waals surface area contributed by atoms with Crippen molar-refractivity contribution in [3.05, 3.63) is 47.3 Å². The van der Waals surface area contributed by atoms with Crippen molar-refractivity contribution in [1.29, 1.82) is 0 Å². The second-order valence-corrected chi connectivity index (χ2v) is 5.48. The number of likely N-dealkylation sites (tertiary alicyclic amines) is 1. The van der Waals surface area contributed by atoms with Crippen LogP contribution in [0.15, 0.2) is 34.9 Å². The Morgan fingerprint density at radius 1 is 1.41 bits per heavy atom. The minimum absolute atomic E-state index is 0.0618. The van der Waals surface area contributed by atoms with E-state index in [4.69, 9.17) is 9.26 Å². The molecule has 1 saturated heterocycles. The number of aryl methyl sites for hydroxylation is 1. The summed E-state index contributed by atoms with van der Waals surface area (Å²) in [6.07, 6.45) is 1.97. The molecule has 3 rings (SSSR count). The van der Waals surface area contributed by atoms with E-state index >= 15 is 0 Å². The van der Waals surface area contributed by atoms with Crippen LogP contribution in [-0.2, 0) is 0 Å². The second kappa shape index (κ2) is 6.22. The molecule has 0 N–H and O–H groups in total. The maximum atomic E-state index is 12.6. The van der Waals surface area contributed by atoms with Crippen LogP contribution in [0.4, 0.5) is 0 Å². The lowest BCUT2D eigenvalue weighted by Crippen LogP contribution is -2.30. The van der Waals surface area contributed by atoms with Crippen molar-refractivity contribution >= 4 is 5.91 Å². The van der Waals surface area contributed by atoms with Gasteiger partial charge in [0.05, 0.1) is 12.6 Å². The molecule has 1 unspecified atom stereocenters. The van der Waals surface area contributed by atoms with Crippen LogP contribution in [0, 0.1) is 6.92 Å². The summed E-state index contributed by atoms with van der Waals surface area (Å²) in [6.45, 7) is 5.16. The Balaban J connectivity index is 1.79. The number of benzene rings is 1. The third kappa shape index (κ3) is 2.84. The Morgan fingerprint density at radius 3 is 2.82 bits per heavy atom. The molecule has 1 atom stereocenters. The van der Waals surface area contributed by atoms with Crippen molar-refractivity contribution in [2.45, 2.75) is 32.7 Å². The molecule has 5 nitrogen and oxygen atoms in total. The van der Waals surface area contributed by atoms with E-state index in [-0.39, 0.29) is 11.9 Å². The third-order valence-corrected chi connectivity index (χ3v) is 3.94. The predicted octanol–water partition coefficient (Wildman–Crippen LogP) is 3.36. The van der Waals surface area contributed by atoms with Crippen LogP contribution in [-0.4, -0.2) is 29.1 Å². The molecule has 1 amide bonds. The summed E-state index contributed by atoms with van der Waals surface area (Å²) < 4.78 is 10.5. The number of rotatable bonds is 4. The summed E-state index contributed by atoms with van der Waals surface area (Å²) in [5.41, 5.74) is 1.52. The summed E-state index contributed by atoms with van der Waals surface area (Å²) in [4.78, 5) is 14.5. The molecule has 0 bridgehead atoms. The van der Waals surface area contributed by atoms with Gasteiger partial charge in [0.1, 0.15) is 11.5 Å². The normalized spacial score (nSPS) is 17.7. The molecule has 1 aromatic heterocycles. The Hall–Kier alpha value is -2.30. The summed E-state index contributed by atoms with van der Waals surface area (Å²) in [6, 6.07) is 9.78. The molecule has 0 radical (unpaired) electrons. The average Bonchev–Trinajstić information content (AvgIpc) is 3.16. The lowest BCUT2D eigenvalue weighted by atomic mass is 10.0. The topological polar surface area (TPSA) is 55.6 Å². The third-order valence-electron chi connectivity index (χ3n) is 3.94. The molecular weight excluding hydrogens is 280 g/mol. The lowest BCUT2D eigenvalue weighted by Gasteiger charge is -2.24. The molecule has 0 aliphatic carbocycles. The van der Waals surface area contributed by atoms with Gasteiger partial charge in [-0.2, -0.15) is 0 Å². The quantitative estimate of drug-likeness (QED) is 0.869. The van der Waals surface area contributed by atoms with Crippen LogP contribution in [0.5, 0.6) is 5.75 Å². The van der Waals surface area contributed by atoms with Gasteiger partial charge in [-0.3, -0.25) is 4.79 Å². The van der Waals surface area contributed by atoms with E-state index in [9.17, 15) is 4.79 Å². The fourth-order valence-corrected chi connectivity index (χ4v) is 2.92. The van der Waals surface area contributed by atoms with Crippen LogP contribution < -0.4 is 4.74 Å². The first-order valence-corrected chi connectivity index (χ1v) is 7.66. The zero-order valence-corrected chi connectivity index (χ0v) is 12.9. The van der Waals surface area contributed by atoms with Crippen LogP contribution in [0.25, 0.3) is 0 Å². The first kappa shape index (κ1) is 14.6. The molecule has 1 aliphatic rings. The minimum atomic E-state index is -0.0618. The predicted molar refractivity (Wildman–Crippen MR) is 81.9 cm³/mol. The number of hydrogen-bond acceptors (Lipinski definition) is 4. The zero-order chi connectivity index (χ0) is 15.5. The fourth-order valence-electron chi connectivity index (χ4n) is 2.92. The van der Waals surface area contributed by atoms with E-state index in [1.54, 1.807) is 13.0 Å². The van der Waals surface area contributed by atoms with Crippen molar-refractivity contribution in [2.24, 2.45) is 0 Å². The highest BCUT2D eigenvalue weighted by Gasteiger charge is 2.31. The number of ether oxygens (including phenoxy) is 1. The second-order valence-electron chi connectivity index (χ2n) is 5.48.